The van der Waals surface area contributed by atoms with Crippen molar-refractivity contribution < 1.29 is 33.9 Å². The number of thioether (sulfide) groups is 1. The molecule has 0 bridgehead atoms. The van der Waals surface area contributed by atoms with Crippen LogP contribution in [0.2, 0.25) is 0 Å². The van der Waals surface area contributed by atoms with E-state index in [9.17, 15) is 24.5 Å². The predicted octanol–water partition coefficient (Wildman–Crippen LogP) is 2.57. The molecule has 1 unspecified atom stereocenters. The van der Waals surface area contributed by atoms with Crippen molar-refractivity contribution >= 4 is 46.7 Å². The number of ether oxygens (including phenoxy) is 2. The third-order valence-corrected chi connectivity index (χ3v) is 5.27. The topological polar surface area (TPSA) is 170 Å². The summed E-state index contributed by atoms with van der Waals surface area (Å²) >= 11 is 0.957. The van der Waals surface area contributed by atoms with Gasteiger partial charge in [0.25, 0.3) is 5.69 Å². The number of nitrogens with one attached hydrogen (secondary N) is 1. The summed E-state index contributed by atoms with van der Waals surface area (Å²) < 4.78 is 10.5. The van der Waals surface area contributed by atoms with E-state index in [0.29, 0.717) is 5.56 Å². The monoisotopic (exact) mass is 472 g/mol. The Morgan fingerprint density at radius 2 is 2.03 bits per heavy atom. The van der Waals surface area contributed by atoms with Crippen molar-refractivity contribution in [3.05, 3.63) is 63.7 Å². The normalized spacial score (nSPS) is 16.6. The molecule has 3 rings (SSSR count). The zero-order valence-corrected chi connectivity index (χ0v) is 17.8. The second kappa shape index (κ2) is 10.4. The van der Waals surface area contributed by atoms with Crippen LogP contribution in [0.15, 0.2) is 52.7 Å². The van der Waals surface area contributed by atoms with Crippen LogP contribution >= 0.6 is 11.8 Å². The predicted molar refractivity (Wildman–Crippen MR) is 118 cm³/mol. The third-order valence-electron chi connectivity index (χ3n) is 4.20. The van der Waals surface area contributed by atoms with Gasteiger partial charge in [-0.15, -0.1) is 5.10 Å². The first-order chi connectivity index (χ1) is 15.8. The quantitative estimate of drug-likeness (QED) is 0.254. The van der Waals surface area contributed by atoms with Crippen molar-refractivity contribution in [1.29, 1.82) is 0 Å². The number of non-ortho nitro benzene ring substituents is 1. The van der Waals surface area contributed by atoms with Crippen LogP contribution in [0.3, 0.4) is 0 Å². The number of para-hydroxylation sites is 1. The molecule has 0 spiro atoms. The van der Waals surface area contributed by atoms with Gasteiger partial charge in [0.15, 0.2) is 5.17 Å². The van der Waals surface area contributed by atoms with E-state index in [0.717, 1.165) is 24.9 Å². The first kappa shape index (κ1) is 23.4. The van der Waals surface area contributed by atoms with Gasteiger partial charge in [0, 0.05) is 17.7 Å². The van der Waals surface area contributed by atoms with Crippen LogP contribution in [0.5, 0.6) is 11.5 Å². The zero-order chi connectivity index (χ0) is 24.0. The van der Waals surface area contributed by atoms with E-state index in [1.54, 1.807) is 24.3 Å². The van der Waals surface area contributed by atoms with Gasteiger partial charge >= 0.3 is 11.9 Å². The summed E-state index contributed by atoms with van der Waals surface area (Å²) in [5, 5.41) is 29.5. The molecule has 1 atom stereocenters. The largest absolute Gasteiger partial charge is 0.481 e. The summed E-state index contributed by atoms with van der Waals surface area (Å²) in [6, 6.07) is 10.1. The number of nitrogens with zero attached hydrogens (tertiary/aromatic N) is 3. The van der Waals surface area contributed by atoms with Gasteiger partial charge < -0.3 is 19.9 Å². The van der Waals surface area contributed by atoms with E-state index >= 15 is 0 Å². The number of rotatable bonds is 8. The molecule has 2 aromatic carbocycles. The lowest BCUT2D eigenvalue weighted by Gasteiger charge is -2.11. The van der Waals surface area contributed by atoms with Gasteiger partial charge in [0.2, 0.25) is 5.91 Å². The van der Waals surface area contributed by atoms with Crippen molar-refractivity contribution in [3.63, 3.8) is 0 Å². The van der Waals surface area contributed by atoms with Crippen LogP contribution < -0.4 is 10.1 Å². The number of amidine groups is 1. The number of aliphatic carboxylic acids is 1. The highest BCUT2D eigenvalue weighted by Gasteiger charge is 2.32. The fourth-order valence-electron chi connectivity index (χ4n) is 2.68. The Labute approximate surface area is 190 Å². The molecule has 1 amide bonds. The molecule has 13 heteroatoms. The van der Waals surface area contributed by atoms with Crippen molar-refractivity contribution in [2.24, 2.45) is 10.2 Å². The van der Waals surface area contributed by atoms with Crippen LogP contribution in [-0.4, -0.2) is 51.6 Å². The third kappa shape index (κ3) is 5.92. The average Bonchev–Trinajstić information content (AvgIpc) is 3.12. The SMILES string of the molecule is COC(=O)c1cc([N+](=O)[O-])ccc1Oc1ccccc1C=NN=C1NC(=O)C(CC(=O)O)S1. The highest BCUT2D eigenvalue weighted by Crippen LogP contribution is 2.31. The van der Waals surface area contributed by atoms with Gasteiger partial charge in [-0.1, -0.05) is 23.9 Å². The van der Waals surface area contributed by atoms with E-state index in [1.807, 2.05) is 0 Å². The molecular formula is C20H16N4O8S. The van der Waals surface area contributed by atoms with Crippen LogP contribution in [0.4, 0.5) is 5.69 Å². The molecule has 0 radical (unpaired) electrons. The summed E-state index contributed by atoms with van der Waals surface area (Å²) in [6.45, 7) is 0. The Morgan fingerprint density at radius 1 is 1.27 bits per heavy atom. The number of benzene rings is 2. The molecule has 2 aromatic rings. The van der Waals surface area contributed by atoms with E-state index < -0.39 is 28.0 Å². The van der Waals surface area contributed by atoms with E-state index in [-0.39, 0.29) is 34.3 Å². The first-order valence-electron chi connectivity index (χ1n) is 9.22. The van der Waals surface area contributed by atoms with Crippen LogP contribution in [0.25, 0.3) is 0 Å². The minimum absolute atomic E-state index is 0.0368. The molecule has 0 aromatic heterocycles. The van der Waals surface area contributed by atoms with E-state index in [4.69, 9.17) is 9.84 Å². The summed E-state index contributed by atoms with van der Waals surface area (Å²) in [6.07, 6.45) is 0.996. The van der Waals surface area contributed by atoms with Crippen molar-refractivity contribution in [3.8, 4) is 11.5 Å². The van der Waals surface area contributed by atoms with Crippen LogP contribution in [0, 0.1) is 10.1 Å². The molecule has 0 aliphatic carbocycles. The van der Waals surface area contributed by atoms with Gasteiger partial charge in [-0.05, 0) is 18.2 Å². The molecule has 1 saturated heterocycles. The summed E-state index contributed by atoms with van der Waals surface area (Å²) in [5.41, 5.74) is 0.0198. The Bertz CT molecular complexity index is 1180. The summed E-state index contributed by atoms with van der Waals surface area (Å²) in [7, 11) is 1.14. The smallest absolute Gasteiger partial charge is 0.341 e. The number of esters is 1. The Morgan fingerprint density at radius 3 is 2.73 bits per heavy atom. The number of hydrogen-bond donors (Lipinski definition) is 2. The van der Waals surface area contributed by atoms with Gasteiger partial charge in [-0.25, -0.2) is 4.79 Å². The molecule has 33 heavy (non-hydrogen) atoms. The molecule has 12 nitrogen and oxygen atoms in total. The molecular weight excluding hydrogens is 456 g/mol. The molecule has 2 N–H and O–H groups in total. The number of carbonyl (C=O) groups excluding carboxylic acids is 2. The Kier molecular flexibility index (Phi) is 7.35. The van der Waals surface area contributed by atoms with E-state index in [2.05, 4.69) is 20.3 Å². The molecule has 1 aliphatic heterocycles. The Balaban J connectivity index is 1.82. The van der Waals surface area contributed by atoms with Crippen LogP contribution in [0.1, 0.15) is 22.3 Å². The number of carboxylic acid groups (broad SMARTS) is 1. The van der Waals surface area contributed by atoms with Crippen molar-refractivity contribution in [1.82, 2.24) is 5.32 Å². The molecule has 0 saturated carbocycles. The van der Waals surface area contributed by atoms with Crippen LogP contribution in [-0.2, 0) is 14.3 Å². The zero-order valence-electron chi connectivity index (χ0n) is 17.0. The maximum Gasteiger partial charge on any atom is 0.341 e. The molecule has 1 aliphatic rings. The first-order valence-corrected chi connectivity index (χ1v) is 10.1. The number of hydrogen-bond acceptors (Lipinski definition) is 10. The molecule has 1 fully saturated rings. The number of nitro groups is 1. The lowest BCUT2D eigenvalue weighted by atomic mass is 10.1. The highest BCUT2D eigenvalue weighted by atomic mass is 32.2. The maximum atomic E-state index is 12.1. The molecule has 1 heterocycles. The lowest BCUT2D eigenvalue weighted by molar-refractivity contribution is -0.384. The minimum Gasteiger partial charge on any atom is -0.481 e. The molecule has 170 valence electrons. The summed E-state index contributed by atoms with van der Waals surface area (Å²) in [4.78, 5) is 45.0. The number of methoxy groups -OCH3 is 1. The van der Waals surface area contributed by atoms with Gasteiger partial charge in [0.1, 0.15) is 22.3 Å². The number of nitro benzene ring substituents is 1. The Hall–Kier alpha value is -4.26. The fraction of sp³-hybridized carbons (Fsp3) is 0.150. The second-order valence-corrected chi connectivity index (χ2v) is 7.60. The van der Waals surface area contributed by atoms with E-state index in [1.165, 1.54) is 18.3 Å². The number of carboxylic acids is 1. The highest BCUT2D eigenvalue weighted by molar-refractivity contribution is 8.15. The van der Waals surface area contributed by atoms with Crippen molar-refractivity contribution in [2.45, 2.75) is 11.7 Å². The van der Waals surface area contributed by atoms with Gasteiger partial charge in [-0.3, -0.25) is 19.7 Å². The average molecular weight is 472 g/mol. The van der Waals surface area contributed by atoms with Gasteiger partial charge in [0.05, 0.1) is 24.7 Å². The fourth-order valence-corrected chi connectivity index (χ4v) is 3.59. The maximum absolute atomic E-state index is 12.1. The number of amides is 1. The van der Waals surface area contributed by atoms with Crippen molar-refractivity contribution in [2.75, 3.05) is 7.11 Å². The number of carbonyl (C=O) groups is 3. The standard InChI is InChI=1S/C20H16N4O8S/c1-31-19(28)13-8-12(24(29)30)6-7-15(13)32-14-5-3-2-4-11(14)10-21-23-20-22-18(27)16(33-20)9-17(25)26/h2-8,10,16H,9H2,1H3,(H,25,26)(H,22,23,27). The summed E-state index contributed by atoms with van der Waals surface area (Å²) in [5.74, 6) is -2.07. The van der Waals surface area contributed by atoms with Gasteiger partial charge in [-0.2, -0.15) is 5.10 Å². The minimum atomic E-state index is -1.10. The second-order valence-electron chi connectivity index (χ2n) is 6.41. The lowest BCUT2D eigenvalue weighted by Crippen LogP contribution is -2.26.